The number of carbonyl (C=O) groups excluding carboxylic acids is 1. The van der Waals surface area contributed by atoms with Crippen molar-refractivity contribution in [1.29, 1.82) is 0 Å². The summed E-state index contributed by atoms with van der Waals surface area (Å²) in [4.78, 5) is 11.3. The summed E-state index contributed by atoms with van der Waals surface area (Å²) in [6, 6.07) is 10.0. The van der Waals surface area contributed by atoms with Crippen LogP contribution in [0.3, 0.4) is 0 Å². The molecule has 1 aliphatic rings. The van der Waals surface area contributed by atoms with Gasteiger partial charge in [0.1, 0.15) is 0 Å². The number of carbonyl (C=O) groups is 1. The van der Waals surface area contributed by atoms with Gasteiger partial charge in [0.05, 0.1) is 6.04 Å². The highest BCUT2D eigenvalue weighted by Crippen LogP contribution is 2.27. The first-order valence-electron chi connectivity index (χ1n) is 5.29. The zero-order valence-corrected chi connectivity index (χ0v) is 8.81. The van der Waals surface area contributed by atoms with E-state index >= 15 is 0 Å². The van der Waals surface area contributed by atoms with Crippen molar-refractivity contribution in [2.75, 3.05) is 0 Å². The van der Waals surface area contributed by atoms with Crippen molar-refractivity contribution in [3.63, 3.8) is 0 Å². The van der Waals surface area contributed by atoms with Crippen molar-refractivity contribution in [3.8, 4) is 0 Å². The van der Waals surface area contributed by atoms with Gasteiger partial charge in [0.15, 0.2) is 0 Å². The largest absolute Gasteiger partial charge is 0.352 e. The van der Waals surface area contributed by atoms with Gasteiger partial charge in [-0.05, 0) is 18.9 Å². The van der Waals surface area contributed by atoms with Crippen LogP contribution in [0.1, 0.15) is 24.8 Å². The lowest BCUT2D eigenvalue weighted by molar-refractivity contribution is -0.124. The van der Waals surface area contributed by atoms with E-state index in [1.54, 1.807) is 0 Å². The summed E-state index contributed by atoms with van der Waals surface area (Å²) in [5, 5.41) is 2.91. The molecule has 0 spiro atoms. The van der Waals surface area contributed by atoms with Crippen LogP contribution in [0, 0.1) is 0 Å². The normalized spacial score (nSPS) is 31.1. The van der Waals surface area contributed by atoms with Gasteiger partial charge in [-0.25, -0.2) is 0 Å². The molecular formula is C12H16N2O. The van der Waals surface area contributed by atoms with Gasteiger partial charge in [0, 0.05) is 12.0 Å². The Hall–Kier alpha value is -1.35. The highest BCUT2D eigenvalue weighted by atomic mass is 16.2. The minimum Gasteiger partial charge on any atom is -0.352 e. The Kier molecular flexibility index (Phi) is 2.73. The maximum absolute atomic E-state index is 11.3. The smallest absolute Gasteiger partial charge is 0.237 e. The third kappa shape index (κ3) is 2.02. The Bertz CT molecular complexity index is 350. The number of nitrogens with two attached hydrogens (primary N) is 1. The van der Waals surface area contributed by atoms with Gasteiger partial charge in [0.25, 0.3) is 0 Å². The molecule has 2 unspecified atom stereocenters. The molecule has 0 aliphatic carbocycles. The SMILES string of the molecule is CC1NC(=O)C(N)C[C@@H]1c1ccccc1. The number of piperidine rings is 1. The molecule has 1 saturated heterocycles. The van der Waals surface area contributed by atoms with E-state index in [4.69, 9.17) is 5.73 Å². The van der Waals surface area contributed by atoms with Crippen LogP contribution in [0.25, 0.3) is 0 Å². The van der Waals surface area contributed by atoms with Crippen molar-refractivity contribution in [1.82, 2.24) is 5.32 Å². The van der Waals surface area contributed by atoms with Crippen molar-refractivity contribution in [3.05, 3.63) is 35.9 Å². The molecule has 1 aliphatic heterocycles. The maximum Gasteiger partial charge on any atom is 0.237 e. The zero-order chi connectivity index (χ0) is 10.8. The number of hydrogen-bond acceptors (Lipinski definition) is 2. The summed E-state index contributed by atoms with van der Waals surface area (Å²) < 4.78 is 0. The lowest BCUT2D eigenvalue weighted by Crippen LogP contribution is -2.52. The number of hydrogen-bond donors (Lipinski definition) is 2. The molecule has 15 heavy (non-hydrogen) atoms. The van der Waals surface area contributed by atoms with Crippen molar-refractivity contribution in [2.45, 2.75) is 31.3 Å². The predicted octanol–water partition coefficient (Wildman–Crippen LogP) is 1.01. The van der Waals surface area contributed by atoms with Crippen molar-refractivity contribution in [2.24, 2.45) is 5.73 Å². The Morgan fingerprint density at radius 2 is 2.00 bits per heavy atom. The Labute approximate surface area is 89.7 Å². The second-order valence-electron chi connectivity index (χ2n) is 4.16. The second-order valence-corrected chi connectivity index (χ2v) is 4.16. The predicted molar refractivity (Wildman–Crippen MR) is 59.4 cm³/mol. The van der Waals surface area contributed by atoms with Gasteiger partial charge >= 0.3 is 0 Å². The van der Waals surface area contributed by atoms with Crippen LogP contribution < -0.4 is 11.1 Å². The Morgan fingerprint density at radius 1 is 1.33 bits per heavy atom. The molecule has 3 atom stereocenters. The third-order valence-electron chi connectivity index (χ3n) is 3.05. The number of benzene rings is 1. The molecule has 1 aromatic rings. The molecule has 0 aromatic heterocycles. The minimum atomic E-state index is -0.369. The number of rotatable bonds is 1. The lowest BCUT2D eigenvalue weighted by Gasteiger charge is -2.33. The molecule has 3 heteroatoms. The van der Waals surface area contributed by atoms with Crippen LogP contribution in [0.15, 0.2) is 30.3 Å². The van der Waals surface area contributed by atoms with Gasteiger partial charge < -0.3 is 11.1 Å². The molecular weight excluding hydrogens is 188 g/mol. The van der Waals surface area contributed by atoms with E-state index < -0.39 is 0 Å². The first kappa shape index (κ1) is 10.2. The fraction of sp³-hybridized carbons (Fsp3) is 0.417. The van der Waals surface area contributed by atoms with E-state index in [1.807, 2.05) is 25.1 Å². The maximum atomic E-state index is 11.3. The summed E-state index contributed by atoms with van der Waals surface area (Å²) in [7, 11) is 0. The Balaban J connectivity index is 2.20. The van der Waals surface area contributed by atoms with Gasteiger partial charge in [-0.2, -0.15) is 0 Å². The molecule has 2 rings (SSSR count). The lowest BCUT2D eigenvalue weighted by atomic mass is 9.83. The average molecular weight is 204 g/mol. The highest BCUT2D eigenvalue weighted by molar-refractivity contribution is 5.83. The standard InChI is InChI=1S/C12H16N2O/c1-8-10(7-11(13)12(15)14-8)9-5-3-2-4-6-9/h2-6,8,10-11H,7,13H2,1H3,(H,14,15)/t8?,10-,11?/m0/s1. The monoisotopic (exact) mass is 204 g/mol. The fourth-order valence-corrected chi connectivity index (χ4v) is 2.14. The molecule has 3 nitrogen and oxygen atoms in total. The van der Waals surface area contributed by atoms with E-state index in [2.05, 4.69) is 17.4 Å². The number of nitrogens with one attached hydrogen (secondary N) is 1. The molecule has 3 N–H and O–H groups in total. The van der Waals surface area contributed by atoms with E-state index in [9.17, 15) is 4.79 Å². The second kappa shape index (κ2) is 4.03. The first-order chi connectivity index (χ1) is 7.18. The van der Waals surface area contributed by atoms with Crippen molar-refractivity contribution < 1.29 is 4.79 Å². The third-order valence-corrected chi connectivity index (χ3v) is 3.05. The summed E-state index contributed by atoms with van der Waals surface area (Å²) >= 11 is 0. The molecule has 1 heterocycles. The summed E-state index contributed by atoms with van der Waals surface area (Å²) in [5.74, 6) is 0.300. The molecule has 0 radical (unpaired) electrons. The van der Waals surface area contributed by atoms with Gasteiger partial charge in [-0.3, -0.25) is 4.79 Å². The van der Waals surface area contributed by atoms with Crippen LogP contribution in [0.5, 0.6) is 0 Å². The summed E-state index contributed by atoms with van der Waals surface area (Å²) in [5.41, 5.74) is 7.01. The summed E-state index contributed by atoms with van der Waals surface area (Å²) in [6.45, 7) is 2.03. The molecule has 1 fully saturated rings. The number of amides is 1. The summed E-state index contributed by atoms with van der Waals surface area (Å²) in [6.07, 6.45) is 0.733. The highest BCUT2D eigenvalue weighted by Gasteiger charge is 2.31. The first-order valence-corrected chi connectivity index (χ1v) is 5.29. The molecule has 0 bridgehead atoms. The van der Waals surface area contributed by atoms with E-state index in [1.165, 1.54) is 5.56 Å². The quantitative estimate of drug-likeness (QED) is 0.717. The van der Waals surface area contributed by atoms with Crippen molar-refractivity contribution >= 4 is 5.91 Å². The topological polar surface area (TPSA) is 55.1 Å². The van der Waals surface area contributed by atoms with Crippen LogP contribution >= 0.6 is 0 Å². The van der Waals surface area contributed by atoms with Crippen LogP contribution in [-0.4, -0.2) is 18.0 Å². The molecule has 1 amide bonds. The molecule has 1 aromatic carbocycles. The van der Waals surface area contributed by atoms with Crippen LogP contribution in [0.2, 0.25) is 0 Å². The van der Waals surface area contributed by atoms with E-state index in [0.717, 1.165) is 6.42 Å². The molecule has 0 saturated carbocycles. The van der Waals surface area contributed by atoms with Gasteiger partial charge in [-0.1, -0.05) is 30.3 Å². The van der Waals surface area contributed by atoms with Gasteiger partial charge in [0.2, 0.25) is 5.91 Å². The average Bonchev–Trinajstić information content (AvgIpc) is 2.25. The van der Waals surface area contributed by atoms with E-state index in [-0.39, 0.29) is 18.0 Å². The van der Waals surface area contributed by atoms with Gasteiger partial charge in [-0.15, -0.1) is 0 Å². The molecule has 80 valence electrons. The van der Waals surface area contributed by atoms with E-state index in [0.29, 0.717) is 5.92 Å². The Morgan fingerprint density at radius 3 is 2.67 bits per heavy atom. The van der Waals surface area contributed by atoms with Crippen LogP contribution in [-0.2, 0) is 4.79 Å². The van der Waals surface area contributed by atoms with Crippen LogP contribution in [0.4, 0.5) is 0 Å². The minimum absolute atomic E-state index is 0.0327. The fourth-order valence-electron chi connectivity index (χ4n) is 2.14. The zero-order valence-electron chi connectivity index (χ0n) is 8.81.